The van der Waals surface area contributed by atoms with Gasteiger partial charge in [0, 0.05) is 8.95 Å². The Bertz CT molecular complexity index is 298. The Balaban J connectivity index is 2.44. The van der Waals surface area contributed by atoms with Crippen molar-refractivity contribution in [1.29, 1.82) is 0 Å². The molecule has 0 aliphatic heterocycles. The maximum Gasteiger partial charge on any atom is 0.0899 e. The van der Waals surface area contributed by atoms with Crippen LogP contribution in [0.5, 0.6) is 0 Å². The van der Waals surface area contributed by atoms with Crippen molar-refractivity contribution in [3.8, 4) is 0 Å². The van der Waals surface area contributed by atoms with E-state index in [0.717, 1.165) is 27.4 Å². The minimum atomic E-state index is -0.535. The highest BCUT2D eigenvalue weighted by Crippen LogP contribution is 2.46. The predicted molar refractivity (Wildman–Crippen MR) is 55.0 cm³/mol. The van der Waals surface area contributed by atoms with Crippen molar-refractivity contribution in [3.05, 3.63) is 32.7 Å². The summed E-state index contributed by atoms with van der Waals surface area (Å²) in [6, 6.07) is 5.91. The molecule has 0 radical (unpaired) electrons. The molecule has 0 heterocycles. The highest BCUT2D eigenvalue weighted by atomic mass is 79.9. The number of benzene rings is 1. The monoisotopic (exact) mass is 290 g/mol. The molecule has 0 atom stereocenters. The second kappa shape index (κ2) is 2.82. The Hall–Kier alpha value is 0.140. The molecule has 0 unspecified atom stereocenters. The van der Waals surface area contributed by atoms with E-state index in [0.29, 0.717) is 0 Å². The molecule has 0 aromatic heterocycles. The molecule has 0 amide bonds. The van der Waals surface area contributed by atoms with E-state index in [1.165, 1.54) is 0 Å². The fourth-order valence-corrected chi connectivity index (χ4v) is 2.52. The normalized spacial score (nSPS) is 19.2. The van der Waals surface area contributed by atoms with Gasteiger partial charge in [-0.25, -0.2) is 0 Å². The van der Waals surface area contributed by atoms with E-state index in [1.807, 2.05) is 18.2 Å². The number of hydrogen-bond donors (Lipinski definition) is 1. The highest BCUT2D eigenvalue weighted by molar-refractivity contribution is 9.11. The molecule has 1 nitrogen and oxygen atoms in total. The average Bonchev–Trinajstić information content (AvgIpc) is 2.67. The van der Waals surface area contributed by atoms with Crippen molar-refractivity contribution in [2.45, 2.75) is 18.4 Å². The Kier molecular flexibility index (Phi) is 2.05. The van der Waals surface area contributed by atoms with Crippen LogP contribution >= 0.6 is 31.9 Å². The van der Waals surface area contributed by atoms with Crippen LogP contribution in [0.15, 0.2) is 27.1 Å². The predicted octanol–water partition coefficient (Wildman–Crippen LogP) is 3.19. The zero-order valence-electron chi connectivity index (χ0n) is 6.35. The maximum absolute atomic E-state index is 9.81. The number of aliphatic hydroxyl groups is 1. The zero-order valence-corrected chi connectivity index (χ0v) is 9.52. The summed E-state index contributed by atoms with van der Waals surface area (Å²) in [5.74, 6) is 0. The van der Waals surface area contributed by atoms with Crippen molar-refractivity contribution in [2.24, 2.45) is 0 Å². The summed E-state index contributed by atoms with van der Waals surface area (Å²) in [7, 11) is 0. The van der Waals surface area contributed by atoms with E-state index in [4.69, 9.17) is 0 Å². The Morgan fingerprint density at radius 1 is 1.08 bits per heavy atom. The molecule has 3 heteroatoms. The largest absolute Gasteiger partial charge is 0.385 e. The minimum Gasteiger partial charge on any atom is -0.385 e. The summed E-state index contributed by atoms with van der Waals surface area (Å²) in [6.07, 6.45) is 1.77. The molecule has 1 aliphatic carbocycles. The van der Waals surface area contributed by atoms with Gasteiger partial charge in [0.1, 0.15) is 0 Å². The molecule has 1 aromatic rings. The van der Waals surface area contributed by atoms with Crippen LogP contribution < -0.4 is 0 Å². The third-order valence-electron chi connectivity index (χ3n) is 2.12. The smallest absolute Gasteiger partial charge is 0.0899 e. The van der Waals surface area contributed by atoms with E-state index < -0.39 is 5.60 Å². The third-order valence-corrected chi connectivity index (χ3v) is 3.04. The molecule has 1 saturated carbocycles. The molecule has 64 valence electrons. The lowest BCUT2D eigenvalue weighted by atomic mass is 10.1. The van der Waals surface area contributed by atoms with Crippen LogP contribution in [0.4, 0.5) is 0 Å². The van der Waals surface area contributed by atoms with Gasteiger partial charge in [0.25, 0.3) is 0 Å². The minimum absolute atomic E-state index is 0.535. The van der Waals surface area contributed by atoms with Gasteiger partial charge in [0.05, 0.1) is 5.60 Å². The number of rotatable bonds is 1. The van der Waals surface area contributed by atoms with Crippen molar-refractivity contribution in [2.75, 3.05) is 0 Å². The molecule has 1 aromatic carbocycles. The van der Waals surface area contributed by atoms with Gasteiger partial charge in [-0.2, -0.15) is 0 Å². The molecule has 0 saturated heterocycles. The molecule has 1 fully saturated rings. The van der Waals surface area contributed by atoms with Gasteiger partial charge in [-0.1, -0.05) is 31.9 Å². The molecule has 12 heavy (non-hydrogen) atoms. The first-order valence-corrected chi connectivity index (χ1v) is 5.38. The van der Waals surface area contributed by atoms with Gasteiger partial charge in [-0.3, -0.25) is 0 Å². The Morgan fingerprint density at radius 2 is 1.58 bits per heavy atom. The first-order chi connectivity index (χ1) is 5.60. The summed E-state index contributed by atoms with van der Waals surface area (Å²) in [6.45, 7) is 0. The van der Waals surface area contributed by atoms with Crippen LogP contribution in [-0.4, -0.2) is 5.11 Å². The summed E-state index contributed by atoms with van der Waals surface area (Å²) in [5, 5.41) is 9.81. The van der Waals surface area contributed by atoms with E-state index in [1.54, 1.807) is 0 Å². The average molecular weight is 292 g/mol. The number of halogens is 2. The molecule has 2 rings (SSSR count). The standard InChI is InChI=1S/C9H8Br2O/c10-7-3-6(4-8(11)5-7)9(12)1-2-9/h3-5,12H,1-2H2. The summed E-state index contributed by atoms with van der Waals surface area (Å²) >= 11 is 6.78. The lowest BCUT2D eigenvalue weighted by Crippen LogP contribution is -2.03. The van der Waals surface area contributed by atoms with Crippen LogP contribution in [0, 0.1) is 0 Å². The quantitative estimate of drug-likeness (QED) is 0.842. The number of hydrogen-bond acceptors (Lipinski definition) is 1. The summed E-state index contributed by atoms with van der Waals surface area (Å²) in [5.41, 5.74) is 0.468. The molecule has 1 N–H and O–H groups in total. The van der Waals surface area contributed by atoms with Gasteiger partial charge in [-0.15, -0.1) is 0 Å². The van der Waals surface area contributed by atoms with Crippen molar-refractivity contribution < 1.29 is 5.11 Å². The van der Waals surface area contributed by atoms with E-state index in [2.05, 4.69) is 31.9 Å². The fourth-order valence-electron chi connectivity index (χ4n) is 1.23. The van der Waals surface area contributed by atoms with Crippen molar-refractivity contribution in [3.63, 3.8) is 0 Å². The van der Waals surface area contributed by atoms with Crippen molar-refractivity contribution in [1.82, 2.24) is 0 Å². The van der Waals surface area contributed by atoms with E-state index in [9.17, 15) is 5.11 Å². The Labute approximate surface area is 88.0 Å². The fraction of sp³-hybridized carbons (Fsp3) is 0.333. The Morgan fingerprint density at radius 3 is 2.00 bits per heavy atom. The molecular formula is C9H8Br2O. The van der Waals surface area contributed by atoms with Crippen LogP contribution in [-0.2, 0) is 5.60 Å². The first kappa shape index (κ1) is 8.73. The third kappa shape index (κ3) is 1.58. The topological polar surface area (TPSA) is 20.2 Å². The van der Waals surface area contributed by atoms with Crippen LogP contribution in [0.25, 0.3) is 0 Å². The van der Waals surface area contributed by atoms with Crippen LogP contribution in [0.2, 0.25) is 0 Å². The SMILES string of the molecule is OC1(c2cc(Br)cc(Br)c2)CC1. The summed E-state index contributed by atoms with van der Waals surface area (Å²) < 4.78 is 2.01. The first-order valence-electron chi connectivity index (χ1n) is 3.79. The van der Waals surface area contributed by atoms with Gasteiger partial charge in [0.2, 0.25) is 0 Å². The van der Waals surface area contributed by atoms with Gasteiger partial charge >= 0.3 is 0 Å². The lowest BCUT2D eigenvalue weighted by Gasteiger charge is -2.08. The zero-order chi connectivity index (χ0) is 8.77. The van der Waals surface area contributed by atoms with Crippen LogP contribution in [0.3, 0.4) is 0 Å². The molecule has 0 bridgehead atoms. The maximum atomic E-state index is 9.81. The highest BCUT2D eigenvalue weighted by Gasteiger charge is 2.42. The molecule has 0 spiro atoms. The summed E-state index contributed by atoms with van der Waals surface area (Å²) in [4.78, 5) is 0. The lowest BCUT2D eigenvalue weighted by molar-refractivity contribution is 0.151. The van der Waals surface area contributed by atoms with Gasteiger partial charge in [0.15, 0.2) is 0 Å². The molecular weight excluding hydrogens is 284 g/mol. The molecule has 1 aliphatic rings. The van der Waals surface area contributed by atoms with E-state index >= 15 is 0 Å². The van der Waals surface area contributed by atoms with Crippen molar-refractivity contribution >= 4 is 31.9 Å². The van der Waals surface area contributed by atoms with Gasteiger partial charge < -0.3 is 5.11 Å². The van der Waals surface area contributed by atoms with Gasteiger partial charge in [-0.05, 0) is 36.6 Å². The van der Waals surface area contributed by atoms with E-state index in [-0.39, 0.29) is 0 Å². The second-order valence-electron chi connectivity index (χ2n) is 3.19. The van der Waals surface area contributed by atoms with Crippen LogP contribution in [0.1, 0.15) is 18.4 Å². The second-order valence-corrected chi connectivity index (χ2v) is 5.02.